The molecule has 2 fully saturated rings. The number of aliphatic carboxylic acids is 1. The Bertz CT molecular complexity index is 1890. The Kier molecular flexibility index (Phi) is 8.41. The zero-order chi connectivity index (χ0) is 33.9. The van der Waals surface area contributed by atoms with E-state index in [1.165, 1.54) is 6.07 Å². The van der Waals surface area contributed by atoms with Gasteiger partial charge in [-0.1, -0.05) is 0 Å². The molecular weight excluding hydrogens is 613 g/mol. The Balaban J connectivity index is 1.38. The minimum absolute atomic E-state index is 0.284. The van der Waals surface area contributed by atoms with Crippen LogP contribution >= 0.6 is 0 Å². The summed E-state index contributed by atoms with van der Waals surface area (Å²) in [4.78, 5) is 27.4. The molecule has 7 rings (SSSR count). The molecule has 3 aliphatic heterocycles. The molecule has 3 aliphatic rings. The van der Waals surface area contributed by atoms with Crippen LogP contribution < -0.4 is 9.64 Å². The lowest BCUT2D eigenvalue weighted by Crippen LogP contribution is -2.61. The van der Waals surface area contributed by atoms with Crippen LogP contribution in [0.3, 0.4) is 0 Å². The van der Waals surface area contributed by atoms with Crippen LogP contribution in [0.2, 0.25) is 0 Å². The summed E-state index contributed by atoms with van der Waals surface area (Å²) >= 11 is 0. The Hall–Kier alpha value is -4.06. The molecule has 2 saturated heterocycles. The maximum absolute atomic E-state index is 15.8. The van der Waals surface area contributed by atoms with Gasteiger partial charge in [0.1, 0.15) is 11.5 Å². The average molecular weight is 658 g/mol. The molecule has 254 valence electrons. The maximum Gasteiger partial charge on any atom is 0.337 e. The highest BCUT2D eigenvalue weighted by Gasteiger charge is 2.36. The molecule has 3 aromatic heterocycles. The van der Waals surface area contributed by atoms with E-state index < -0.39 is 23.5 Å². The van der Waals surface area contributed by atoms with Crippen LogP contribution in [0.1, 0.15) is 55.7 Å². The number of aromatic nitrogens is 3. The Morgan fingerprint density at radius 2 is 1.88 bits per heavy atom. The highest BCUT2D eigenvalue weighted by Crippen LogP contribution is 2.45. The van der Waals surface area contributed by atoms with Gasteiger partial charge in [0.05, 0.1) is 31.1 Å². The van der Waals surface area contributed by atoms with Gasteiger partial charge < -0.3 is 28.8 Å². The number of carboxylic acid groups (broad SMARTS) is 1. The van der Waals surface area contributed by atoms with Crippen LogP contribution in [0.5, 0.6) is 5.75 Å². The summed E-state index contributed by atoms with van der Waals surface area (Å²) in [6, 6.07) is 8.10. The normalized spacial score (nSPS) is 18.0. The molecule has 1 unspecified atom stereocenters. The number of nitrogens with zero attached hydrogens (tertiary/aromatic N) is 5. The number of carboxylic acids is 1. The van der Waals surface area contributed by atoms with Gasteiger partial charge in [0.2, 0.25) is 0 Å². The molecule has 4 aromatic rings. The van der Waals surface area contributed by atoms with Gasteiger partial charge in [-0.3, -0.25) is 4.90 Å². The molecule has 11 heteroatoms. The lowest BCUT2D eigenvalue weighted by Gasteiger charge is -2.47. The van der Waals surface area contributed by atoms with Gasteiger partial charge >= 0.3 is 5.97 Å². The van der Waals surface area contributed by atoms with Crippen molar-refractivity contribution in [2.75, 3.05) is 50.9 Å². The summed E-state index contributed by atoms with van der Waals surface area (Å²) in [6.45, 7) is 15.0. The number of hydrogen-bond donors (Lipinski definition) is 1. The molecule has 0 bridgehead atoms. The topological polar surface area (TPSA) is 102 Å². The van der Waals surface area contributed by atoms with Crippen molar-refractivity contribution in [1.29, 1.82) is 0 Å². The second kappa shape index (κ2) is 12.4. The van der Waals surface area contributed by atoms with Crippen molar-refractivity contribution in [2.45, 2.75) is 65.2 Å². The SMILES string of the molecule is Cc1nc2c(cc(-c3ccnc(N4CC(N5CCOCC5)C4)c3)n2C)c(-c2cc(F)c3c(c2C)CCCO3)c1C(OC(C)(C)C)C(=O)O. The van der Waals surface area contributed by atoms with E-state index in [0.717, 1.165) is 79.4 Å². The molecule has 0 spiro atoms. The van der Waals surface area contributed by atoms with Gasteiger partial charge in [0.15, 0.2) is 17.7 Å². The minimum Gasteiger partial charge on any atom is -0.490 e. The number of ether oxygens (including phenoxy) is 3. The molecule has 0 amide bonds. The largest absolute Gasteiger partial charge is 0.490 e. The Morgan fingerprint density at radius 1 is 1.12 bits per heavy atom. The number of fused-ring (bicyclic) bond motifs is 2. The zero-order valence-corrected chi connectivity index (χ0v) is 28.6. The Morgan fingerprint density at radius 3 is 2.58 bits per heavy atom. The first-order valence-corrected chi connectivity index (χ1v) is 16.8. The highest BCUT2D eigenvalue weighted by molar-refractivity contribution is 6.01. The fraction of sp³-hybridized carbons (Fsp3) is 0.486. The minimum atomic E-state index is -1.33. The van der Waals surface area contributed by atoms with Crippen LogP contribution in [0.25, 0.3) is 33.4 Å². The third-order valence-electron chi connectivity index (χ3n) is 9.86. The molecule has 48 heavy (non-hydrogen) atoms. The van der Waals surface area contributed by atoms with Gasteiger partial charge in [-0.25, -0.2) is 19.2 Å². The maximum atomic E-state index is 15.8. The number of halogens is 1. The number of carbonyl (C=O) groups is 1. The summed E-state index contributed by atoms with van der Waals surface area (Å²) in [5, 5.41) is 11.3. The molecule has 6 heterocycles. The van der Waals surface area contributed by atoms with Gasteiger partial charge in [-0.05, 0) is 82.9 Å². The van der Waals surface area contributed by atoms with Crippen molar-refractivity contribution in [1.82, 2.24) is 19.4 Å². The molecule has 0 aliphatic carbocycles. The van der Waals surface area contributed by atoms with E-state index in [9.17, 15) is 9.90 Å². The fourth-order valence-corrected chi connectivity index (χ4v) is 7.42. The third-order valence-corrected chi connectivity index (χ3v) is 9.86. The van der Waals surface area contributed by atoms with Crippen LogP contribution in [0.15, 0.2) is 30.5 Å². The monoisotopic (exact) mass is 657 g/mol. The van der Waals surface area contributed by atoms with Gasteiger partial charge in [-0.2, -0.15) is 0 Å². The van der Waals surface area contributed by atoms with E-state index in [2.05, 4.69) is 15.9 Å². The number of hydrogen-bond acceptors (Lipinski definition) is 8. The summed E-state index contributed by atoms with van der Waals surface area (Å²) < 4.78 is 35.3. The number of rotatable bonds is 7. The smallest absolute Gasteiger partial charge is 0.337 e. The van der Waals surface area contributed by atoms with E-state index in [4.69, 9.17) is 24.2 Å². The van der Waals surface area contributed by atoms with Crippen molar-refractivity contribution in [3.8, 4) is 28.1 Å². The molecule has 1 atom stereocenters. The molecular formula is C37H44FN5O5. The van der Waals surface area contributed by atoms with Crippen molar-refractivity contribution < 1.29 is 28.5 Å². The highest BCUT2D eigenvalue weighted by atomic mass is 19.1. The molecule has 1 aromatic carbocycles. The lowest BCUT2D eigenvalue weighted by atomic mass is 9.86. The predicted molar refractivity (Wildman–Crippen MR) is 182 cm³/mol. The summed E-state index contributed by atoms with van der Waals surface area (Å²) in [5.41, 5.74) is 5.61. The van der Waals surface area contributed by atoms with Gasteiger partial charge in [-0.15, -0.1) is 0 Å². The van der Waals surface area contributed by atoms with E-state index in [0.29, 0.717) is 47.1 Å². The van der Waals surface area contributed by atoms with Crippen molar-refractivity contribution in [3.63, 3.8) is 0 Å². The number of morpholine rings is 1. The average Bonchev–Trinajstić information content (AvgIpc) is 3.36. The van der Waals surface area contributed by atoms with E-state index in [1.807, 2.05) is 57.6 Å². The van der Waals surface area contributed by atoms with Crippen LogP contribution in [0.4, 0.5) is 10.2 Å². The fourth-order valence-electron chi connectivity index (χ4n) is 7.42. The van der Waals surface area contributed by atoms with Crippen molar-refractivity contribution >= 4 is 22.8 Å². The predicted octanol–water partition coefficient (Wildman–Crippen LogP) is 5.84. The van der Waals surface area contributed by atoms with Crippen LogP contribution in [-0.4, -0.2) is 88.2 Å². The second-order valence-corrected chi connectivity index (χ2v) is 14.2. The number of anilines is 1. The Labute approximate surface area is 280 Å². The summed E-state index contributed by atoms with van der Waals surface area (Å²) in [5.74, 6) is -0.395. The van der Waals surface area contributed by atoms with Crippen molar-refractivity contribution in [3.05, 3.63) is 58.7 Å². The van der Waals surface area contributed by atoms with Gasteiger partial charge in [0.25, 0.3) is 0 Å². The quantitative estimate of drug-likeness (QED) is 0.263. The molecule has 0 saturated carbocycles. The second-order valence-electron chi connectivity index (χ2n) is 14.2. The molecule has 0 radical (unpaired) electrons. The first-order chi connectivity index (χ1) is 22.9. The first-order valence-electron chi connectivity index (χ1n) is 16.8. The van der Waals surface area contributed by atoms with E-state index in [1.54, 1.807) is 6.92 Å². The third kappa shape index (κ3) is 5.82. The first kappa shape index (κ1) is 32.5. The molecule has 10 nitrogen and oxygen atoms in total. The van der Waals surface area contributed by atoms with E-state index >= 15 is 4.39 Å². The van der Waals surface area contributed by atoms with E-state index in [-0.39, 0.29) is 5.75 Å². The van der Waals surface area contributed by atoms with Crippen LogP contribution in [-0.2, 0) is 27.7 Å². The number of benzene rings is 1. The standard InChI is InChI=1S/C37H44FN5O5/c1-21-25-8-7-13-47-33(25)28(38)17-26(21)32-27-18-29(41(6)35(27)40-22(2)31(32)34(36(44)45)48-37(3,4)5)23-9-10-39-30(16-23)43-19-24(20-43)42-11-14-46-15-12-42/h9-10,16-18,24,34H,7-8,11-15,19-20H2,1-6H3,(H,44,45). The number of aryl methyl sites for hydroxylation is 2. The summed E-state index contributed by atoms with van der Waals surface area (Å²) in [6.07, 6.45) is 1.96. The number of pyridine rings is 2. The van der Waals surface area contributed by atoms with Crippen molar-refractivity contribution in [2.24, 2.45) is 7.05 Å². The summed E-state index contributed by atoms with van der Waals surface area (Å²) in [7, 11) is 1.96. The zero-order valence-electron chi connectivity index (χ0n) is 28.6. The van der Waals surface area contributed by atoms with Gasteiger partial charge in [0, 0.05) is 78.8 Å². The lowest BCUT2D eigenvalue weighted by molar-refractivity contribution is -0.160. The molecule has 1 N–H and O–H groups in total. The van der Waals surface area contributed by atoms with Crippen LogP contribution in [0, 0.1) is 19.7 Å².